The molecular formula is C20H31BN2O5. The van der Waals surface area contributed by atoms with E-state index in [1.54, 1.807) is 11.1 Å². The highest BCUT2D eigenvalue weighted by Gasteiger charge is 2.51. The fourth-order valence-corrected chi connectivity index (χ4v) is 3.16. The molecule has 28 heavy (non-hydrogen) atoms. The molecule has 8 heteroatoms. The molecule has 2 aliphatic rings. The molecule has 0 saturated carbocycles. The van der Waals surface area contributed by atoms with E-state index >= 15 is 0 Å². The number of aromatic nitrogens is 1. The van der Waals surface area contributed by atoms with Gasteiger partial charge >= 0.3 is 13.2 Å². The number of rotatable bonds is 2. The number of pyridine rings is 1. The number of amides is 1. The van der Waals surface area contributed by atoms with Gasteiger partial charge in [0, 0.05) is 12.7 Å². The van der Waals surface area contributed by atoms with Crippen molar-refractivity contribution in [3.05, 3.63) is 24.0 Å². The van der Waals surface area contributed by atoms with E-state index < -0.39 is 23.9 Å². The summed E-state index contributed by atoms with van der Waals surface area (Å²) < 4.78 is 23.5. The number of carbonyl (C=O) groups excluding carboxylic acids is 1. The normalized spacial score (nSPS) is 24.3. The van der Waals surface area contributed by atoms with Gasteiger partial charge in [-0.15, -0.1) is 0 Å². The third-order valence-electron chi connectivity index (χ3n) is 5.43. The smallest absolute Gasteiger partial charge is 0.444 e. The van der Waals surface area contributed by atoms with Gasteiger partial charge in [0.1, 0.15) is 11.6 Å². The van der Waals surface area contributed by atoms with Crippen LogP contribution in [0.3, 0.4) is 0 Å². The van der Waals surface area contributed by atoms with E-state index in [1.165, 1.54) is 0 Å². The first kappa shape index (κ1) is 21.1. The van der Waals surface area contributed by atoms with E-state index in [2.05, 4.69) is 4.98 Å². The van der Waals surface area contributed by atoms with E-state index in [-0.39, 0.29) is 12.1 Å². The number of nitrogens with zero attached hydrogens (tertiary/aromatic N) is 2. The Morgan fingerprint density at radius 3 is 2.50 bits per heavy atom. The first-order valence-electron chi connectivity index (χ1n) is 9.78. The first-order chi connectivity index (χ1) is 12.9. The summed E-state index contributed by atoms with van der Waals surface area (Å²) in [6, 6.07) is 3.50. The van der Waals surface area contributed by atoms with E-state index in [0.717, 1.165) is 11.2 Å². The van der Waals surface area contributed by atoms with Crippen LogP contribution in [-0.2, 0) is 18.8 Å². The van der Waals surface area contributed by atoms with Gasteiger partial charge in [0.05, 0.1) is 30.1 Å². The van der Waals surface area contributed by atoms with Crippen molar-refractivity contribution < 1.29 is 23.6 Å². The van der Waals surface area contributed by atoms with Crippen LogP contribution < -0.4 is 5.46 Å². The van der Waals surface area contributed by atoms with Gasteiger partial charge < -0.3 is 18.8 Å². The highest BCUT2D eigenvalue weighted by Crippen LogP contribution is 2.36. The molecule has 1 atom stereocenters. The quantitative estimate of drug-likeness (QED) is 0.724. The van der Waals surface area contributed by atoms with Gasteiger partial charge in [-0.1, -0.05) is 0 Å². The predicted octanol–water partition coefficient (Wildman–Crippen LogP) is 2.69. The van der Waals surface area contributed by atoms with Crippen molar-refractivity contribution in [1.82, 2.24) is 9.88 Å². The van der Waals surface area contributed by atoms with Gasteiger partial charge in [0.15, 0.2) is 0 Å². The molecule has 7 nitrogen and oxygen atoms in total. The lowest BCUT2D eigenvalue weighted by Crippen LogP contribution is -2.46. The van der Waals surface area contributed by atoms with Crippen molar-refractivity contribution in [2.24, 2.45) is 0 Å². The molecule has 1 aromatic heterocycles. The highest BCUT2D eigenvalue weighted by molar-refractivity contribution is 6.62. The minimum absolute atomic E-state index is 0.314. The monoisotopic (exact) mass is 390 g/mol. The van der Waals surface area contributed by atoms with Crippen molar-refractivity contribution in [3.8, 4) is 0 Å². The molecule has 2 saturated heterocycles. The zero-order valence-electron chi connectivity index (χ0n) is 17.9. The first-order valence-corrected chi connectivity index (χ1v) is 9.78. The molecular weight excluding hydrogens is 359 g/mol. The molecule has 0 aromatic carbocycles. The summed E-state index contributed by atoms with van der Waals surface area (Å²) in [4.78, 5) is 18.9. The molecule has 1 aromatic rings. The van der Waals surface area contributed by atoms with Crippen molar-refractivity contribution in [3.63, 3.8) is 0 Å². The van der Waals surface area contributed by atoms with Crippen LogP contribution in [0.1, 0.15) is 60.2 Å². The van der Waals surface area contributed by atoms with Crippen LogP contribution >= 0.6 is 0 Å². The zero-order valence-corrected chi connectivity index (χ0v) is 17.9. The van der Waals surface area contributed by atoms with Gasteiger partial charge in [-0.3, -0.25) is 9.88 Å². The molecule has 0 N–H and O–H groups in total. The molecule has 0 aliphatic carbocycles. The summed E-state index contributed by atoms with van der Waals surface area (Å²) in [7, 11) is -0.480. The average Bonchev–Trinajstić information content (AvgIpc) is 2.81. The van der Waals surface area contributed by atoms with Gasteiger partial charge in [0.2, 0.25) is 0 Å². The maximum absolute atomic E-state index is 12.7. The Balaban J connectivity index is 1.83. The van der Waals surface area contributed by atoms with Crippen molar-refractivity contribution in [1.29, 1.82) is 0 Å². The second-order valence-corrected chi connectivity index (χ2v) is 9.37. The maximum Gasteiger partial charge on any atom is 0.494 e. The molecule has 3 rings (SSSR count). The molecule has 0 bridgehead atoms. The van der Waals surface area contributed by atoms with Gasteiger partial charge in [-0.2, -0.15) is 0 Å². The van der Waals surface area contributed by atoms with Crippen LogP contribution in [-0.4, -0.2) is 59.7 Å². The fourth-order valence-electron chi connectivity index (χ4n) is 3.16. The molecule has 2 fully saturated rings. The van der Waals surface area contributed by atoms with E-state index in [0.29, 0.717) is 19.8 Å². The van der Waals surface area contributed by atoms with E-state index in [9.17, 15) is 4.79 Å². The number of hydrogen-bond acceptors (Lipinski definition) is 6. The SMILES string of the molecule is CC(C)(C)OC(=O)N1CCOCC1c1cc(B2OC(C)(C)C(C)(C)O2)ccn1. The molecule has 2 aliphatic heterocycles. The van der Waals surface area contributed by atoms with Crippen LogP contribution in [0.15, 0.2) is 18.3 Å². The van der Waals surface area contributed by atoms with Crippen LogP contribution in [0.2, 0.25) is 0 Å². The second kappa shape index (κ2) is 7.32. The Morgan fingerprint density at radius 2 is 1.89 bits per heavy atom. The average molecular weight is 390 g/mol. The van der Waals surface area contributed by atoms with Crippen molar-refractivity contribution >= 4 is 18.7 Å². The van der Waals surface area contributed by atoms with Crippen LogP contribution in [0.5, 0.6) is 0 Å². The Morgan fingerprint density at radius 1 is 1.25 bits per heavy atom. The van der Waals surface area contributed by atoms with Crippen LogP contribution in [0, 0.1) is 0 Å². The Labute approximate surface area is 167 Å². The fraction of sp³-hybridized carbons (Fsp3) is 0.700. The summed E-state index contributed by atoms with van der Waals surface area (Å²) in [6.07, 6.45) is 1.36. The predicted molar refractivity (Wildman–Crippen MR) is 106 cm³/mol. The lowest BCUT2D eigenvalue weighted by atomic mass is 9.79. The molecule has 0 spiro atoms. The summed E-state index contributed by atoms with van der Waals surface area (Å²) in [5.41, 5.74) is 0.212. The third kappa shape index (κ3) is 4.34. The summed E-state index contributed by atoms with van der Waals surface area (Å²) in [5, 5.41) is 0. The van der Waals surface area contributed by atoms with E-state index in [4.69, 9.17) is 18.8 Å². The minimum Gasteiger partial charge on any atom is -0.444 e. The standard InChI is InChI=1S/C20H31BN2O5/c1-18(2,3)26-17(24)23-10-11-25-13-16(23)15-12-14(8-9-22-15)21-27-19(4,5)20(6,7)28-21/h8-9,12,16H,10-11,13H2,1-7H3. The molecule has 0 radical (unpaired) electrons. The minimum atomic E-state index is -0.558. The summed E-state index contributed by atoms with van der Waals surface area (Å²) >= 11 is 0. The lowest BCUT2D eigenvalue weighted by molar-refractivity contribution is -0.0340. The third-order valence-corrected chi connectivity index (χ3v) is 5.43. The number of ether oxygens (including phenoxy) is 2. The Bertz CT molecular complexity index is 716. The molecule has 154 valence electrons. The van der Waals surface area contributed by atoms with Crippen LogP contribution in [0.25, 0.3) is 0 Å². The van der Waals surface area contributed by atoms with Crippen molar-refractivity contribution in [2.75, 3.05) is 19.8 Å². The number of hydrogen-bond donors (Lipinski definition) is 0. The summed E-state index contributed by atoms with van der Waals surface area (Å²) in [5.74, 6) is 0. The molecule has 3 heterocycles. The number of morpholine rings is 1. The van der Waals surface area contributed by atoms with Crippen LogP contribution in [0.4, 0.5) is 4.79 Å². The largest absolute Gasteiger partial charge is 0.494 e. The van der Waals surface area contributed by atoms with Gasteiger partial charge in [0.25, 0.3) is 0 Å². The summed E-state index contributed by atoms with van der Waals surface area (Å²) in [6.45, 7) is 15.0. The highest BCUT2D eigenvalue weighted by atomic mass is 16.7. The lowest BCUT2D eigenvalue weighted by Gasteiger charge is -2.36. The number of carbonyl (C=O) groups is 1. The van der Waals surface area contributed by atoms with Crippen molar-refractivity contribution in [2.45, 2.75) is 71.3 Å². The van der Waals surface area contributed by atoms with E-state index in [1.807, 2.05) is 60.6 Å². The topological polar surface area (TPSA) is 70.1 Å². The second-order valence-electron chi connectivity index (χ2n) is 9.37. The Kier molecular flexibility index (Phi) is 5.51. The Hall–Kier alpha value is -1.64. The van der Waals surface area contributed by atoms with Gasteiger partial charge in [-0.05, 0) is 66.1 Å². The molecule has 1 amide bonds. The zero-order chi connectivity index (χ0) is 20.7. The molecule has 1 unspecified atom stereocenters. The maximum atomic E-state index is 12.7. The van der Waals surface area contributed by atoms with Gasteiger partial charge in [-0.25, -0.2) is 4.79 Å².